The van der Waals surface area contributed by atoms with Crippen molar-refractivity contribution in [3.05, 3.63) is 51.4 Å². The van der Waals surface area contributed by atoms with Crippen LogP contribution in [0.2, 0.25) is 0 Å². The van der Waals surface area contributed by atoms with Crippen LogP contribution >= 0.6 is 15.9 Å². The van der Waals surface area contributed by atoms with Crippen molar-refractivity contribution in [3.63, 3.8) is 0 Å². The zero-order valence-corrected chi connectivity index (χ0v) is 17.8. The zero-order valence-electron chi connectivity index (χ0n) is 16.2. The number of nitrogens with one attached hydrogen (secondary N) is 1. The van der Waals surface area contributed by atoms with Gasteiger partial charge in [-0.1, -0.05) is 15.9 Å². The highest BCUT2D eigenvalue weighted by molar-refractivity contribution is 9.10. The first-order valence-electron chi connectivity index (χ1n) is 8.91. The van der Waals surface area contributed by atoms with Crippen LogP contribution < -0.4 is 5.32 Å². The van der Waals surface area contributed by atoms with E-state index in [9.17, 15) is 14.4 Å². The van der Waals surface area contributed by atoms with E-state index < -0.39 is 23.3 Å². The zero-order chi connectivity index (χ0) is 21.2. The molecule has 3 rings (SSSR count). The Hall–Kier alpha value is -2.65. The van der Waals surface area contributed by atoms with Gasteiger partial charge in [0.15, 0.2) is 0 Å². The molecule has 0 saturated carbocycles. The molecule has 8 nitrogen and oxygen atoms in total. The number of carbonyl (C=O) groups excluding carboxylic acids is 3. The van der Waals surface area contributed by atoms with Gasteiger partial charge in [0.25, 0.3) is 0 Å². The number of benzene rings is 1. The summed E-state index contributed by atoms with van der Waals surface area (Å²) in [4.78, 5) is 39.1. The van der Waals surface area contributed by atoms with Gasteiger partial charge in [-0.15, -0.1) is 0 Å². The molecule has 1 aromatic rings. The Bertz CT molecular complexity index is 937. The van der Waals surface area contributed by atoms with E-state index in [-0.39, 0.29) is 36.7 Å². The second-order valence-electron chi connectivity index (χ2n) is 6.32. The van der Waals surface area contributed by atoms with Gasteiger partial charge in [0, 0.05) is 22.8 Å². The van der Waals surface area contributed by atoms with E-state index >= 15 is 0 Å². The highest BCUT2D eigenvalue weighted by atomic mass is 79.9. The van der Waals surface area contributed by atoms with Crippen molar-refractivity contribution in [2.75, 3.05) is 32.2 Å². The number of rotatable bonds is 6. The Balaban J connectivity index is 2.22. The molecule has 9 heteroatoms. The molecule has 1 N–H and O–H groups in total. The fourth-order valence-corrected chi connectivity index (χ4v) is 3.84. The summed E-state index contributed by atoms with van der Waals surface area (Å²) in [5.41, 5.74) is -1.02. The Kier molecular flexibility index (Phi) is 6.09. The maximum atomic E-state index is 13.3. The molecule has 1 atom stereocenters. The van der Waals surface area contributed by atoms with Crippen molar-refractivity contribution < 1.29 is 33.3 Å². The molecule has 2 heterocycles. The van der Waals surface area contributed by atoms with Crippen molar-refractivity contribution in [1.82, 2.24) is 0 Å². The third-order valence-electron chi connectivity index (χ3n) is 4.68. The molecule has 1 aromatic carbocycles. The van der Waals surface area contributed by atoms with Crippen LogP contribution in [0.15, 0.2) is 45.8 Å². The molecule has 154 valence electrons. The molecule has 1 amide bonds. The summed E-state index contributed by atoms with van der Waals surface area (Å²) in [7, 11) is 1.47. The summed E-state index contributed by atoms with van der Waals surface area (Å²) in [6, 6.07) is 5.12. The first-order valence-corrected chi connectivity index (χ1v) is 9.70. The molecule has 0 fully saturated rings. The van der Waals surface area contributed by atoms with E-state index in [1.165, 1.54) is 7.11 Å². The van der Waals surface area contributed by atoms with Gasteiger partial charge in [0.05, 0.1) is 24.4 Å². The van der Waals surface area contributed by atoms with Crippen LogP contribution in [0.4, 0.5) is 5.69 Å². The summed E-state index contributed by atoms with van der Waals surface area (Å²) >= 11 is 3.39. The number of esters is 2. The normalized spacial score (nSPS) is 20.0. The number of methoxy groups -OCH3 is 1. The van der Waals surface area contributed by atoms with Crippen molar-refractivity contribution in [2.24, 2.45) is 0 Å². The maximum absolute atomic E-state index is 13.3. The van der Waals surface area contributed by atoms with Crippen molar-refractivity contribution >= 4 is 39.5 Å². The number of carbonyl (C=O) groups is 3. The SMILES string of the molecule is CCOC(=O)C1=C(C)OC=C(C(=O)OCCOC)[C@]12C(=O)Nc1ccc(Br)cc12. The number of amides is 1. The molecule has 0 aliphatic carbocycles. The fourth-order valence-electron chi connectivity index (χ4n) is 3.48. The quantitative estimate of drug-likeness (QED) is 0.508. The lowest BCUT2D eigenvalue weighted by molar-refractivity contribution is -0.143. The molecule has 29 heavy (non-hydrogen) atoms. The van der Waals surface area contributed by atoms with Gasteiger partial charge in [0.1, 0.15) is 24.0 Å². The number of allylic oxidation sites excluding steroid dienone is 1. The third-order valence-corrected chi connectivity index (χ3v) is 5.17. The average molecular weight is 466 g/mol. The van der Waals surface area contributed by atoms with E-state index in [1.54, 1.807) is 32.0 Å². The van der Waals surface area contributed by atoms with E-state index in [2.05, 4.69) is 21.2 Å². The lowest BCUT2D eigenvalue weighted by Gasteiger charge is -2.34. The molecule has 0 saturated heterocycles. The fraction of sp³-hybridized carbons (Fsp3) is 0.350. The minimum Gasteiger partial charge on any atom is -0.468 e. The van der Waals surface area contributed by atoms with Gasteiger partial charge in [-0.3, -0.25) is 4.79 Å². The summed E-state index contributed by atoms with van der Waals surface area (Å²) in [6.45, 7) is 3.45. The van der Waals surface area contributed by atoms with Crippen LogP contribution in [0.1, 0.15) is 19.4 Å². The summed E-state index contributed by atoms with van der Waals surface area (Å²) in [6.07, 6.45) is 1.16. The second kappa shape index (κ2) is 8.38. The molecule has 2 aliphatic heterocycles. The van der Waals surface area contributed by atoms with Crippen LogP contribution in [0.3, 0.4) is 0 Å². The lowest BCUT2D eigenvalue weighted by atomic mass is 9.68. The molecule has 2 aliphatic rings. The third kappa shape index (κ3) is 3.44. The number of ether oxygens (including phenoxy) is 4. The molecule has 0 radical (unpaired) electrons. The Morgan fingerprint density at radius 2 is 1.97 bits per heavy atom. The Labute approximate surface area is 176 Å². The molecule has 0 bridgehead atoms. The van der Waals surface area contributed by atoms with Crippen molar-refractivity contribution in [3.8, 4) is 0 Å². The highest BCUT2D eigenvalue weighted by Crippen LogP contribution is 2.52. The van der Waals surface area contributed by atoms with Gasteiger partial charge >= 0.3 is 11.9 Å². The molecular weight excluding hydrogens is 446 g/mol. The van der Waals surface area contributed by atoms with E-state index in [0.717, 1.165) is 6.26 Å². The standard InChI is InChI=1S/C20H20BrNO7/c1-4-27-18(24)16-11(2)29-10-14(17(23)28-8-7-26-3)20(16)13-9-12(21)5-6-15(13)22-19(20)25/h5-6,9-10H,4,7-8H2,1-3H3,(H,22,25)/t20-/m0/s1. The van der Waals surface area contributed by atoms with E-state index in [0.29, 0.717) is 15.7 Å². The van der Waals surface area contributed by atoms with Crippen molar-refractivity contribution in [1.29, 1.82) is 0 Å². The van der Waals surface area contributed by atoms with Crippen molar-refractivity contribution in [2.45, 2.75) is 19.3 Å². The summed E-state index contributed by atoms with van der Waals surface area (Å²) < 4.78 is 21.5. The monoisotopic (exact) mass is 465 g/mol. The number of anilines is 1. The average Bonchev–Trinajstić information content (AvgIpc) is 2.94. The van der Waals surface area contributed by atoms with Crippen LogP contribution in [0, 0.1) is 0 Å². The minimum absolute atomic E-state index is 0.0207. The number of hydrogen-bond donors (Lipinski definition) is 1. The summed E-state index contributed by atoms with van der Waals surface area (Å²) in [5.74, 6) is -1.94. The molecular formula is C20H20BrNO7. The Morgan fingerprint density at radius 3 is 2.66 bits per heavy atom. The molecule has 0 unspecified atom stereocenters. The van der Waals surface area contributed by atoms with Crippen LogP contribution in [0.25, 0.3) is 0 Å². The second-order valence-corrected chi connectivity index (χ2v) is 7.24. The van der Waals surface area contributed by atoms with Gasteiger partial charge < -0.3 is 24.3 Å². The topological polar surface area (TPSA) is 100 Å². The summed E-state index contributed by atoms with van der Waals surface area (Å²) in [5, 5.41) is 2.75. The van der Waals surface area contributed by atoms with E-state index in [4.69, 9.17) is 18.9 Å². The minimum atomic E-state index is -1.75. The van der Waals surface area contributed by atoms with Gasteiger partial charge in [0.2, 0.25) is 5.91 Å². The number of halogens is 1. The lowest BCUT2D eigenvalue weighted by Crippen LogP contribution is -2.46. The first kappa shape index (κ1) is 21.1. The van der Waals surface area contributed by atoms with Gasteiger partial charge in [-0.05, 0) is 32.0 Å². The van der Waals surface area contributed by atoms with Crippen LogP contribution in [-0.4, -0.2) is 44.8 Å². The molecule has 0 aromatic heterocycles. The van der Waals surface area contributed by atoms with Crippen LogP contribution in [-0.2, 0) is 38.7 Å². The highest BCUT2D eigenvalue weighted by Gasteiger charge is 2.60. The number of fused-ring (bicyclic) bond motifs is 2. The number of hydrogen-bond acceptors (Lipinski definition) is 7. The maximum Gasteiger partial charge on any atom is 0.339 e. The van der Waals surface area contributed by atoms with E-state index in [1.807, 2.05) is 0 Å². The predicted molar refractivity (Wildman–Crippen MR) is 106 cm³/mol. The largest absolute Gasteiger partial charge is 0.468 e. The Morgan fingerprint density at radius 1 is 1.21 bits per heavy atom. The first-order chi connectivity index (χ1) is 13.9. The van der Waals surface area contributed by atoms with Gasteiger partial charge in [-0.25, -0.2) is 9.59 Å². The van der Waals surface area contributed by atoms with Gasteiger partial charge in [-0.2, -0.15) is 0 Å². The molecule has 1 spiro atoms. The smallest absolute Gasteiger partial charge is 0.339 e. The predicted octanol–water partition coefficient (Wildman–Crippen LogP) is 2.58. The van der Waals surface area contributed by atoms with Crippen LogP contribution in [0.5, 0.6) is 0 Å².